The molecule has 5 nitrogen and oxygen atoms in total. The molecule has 2 aromatic rings. The quantitative estimate of drug-likeness (QED) is 0.145. The minimum atomic E-state index is -0.252. The van der Waals surface area contributed by atoms with Crippen LogP contribution in [0.5, 0.6) is 0 Å². The smallest absolute Gasteiger partial charge is 0.258 e. The van der Waals surface area contributed by atoms with Crippen LogP contribution in [0.3, 0.4) is 0 Å². The molecule has 0 saturated carbocycles. The van der Waals surface area contributed by atoms with Gasteiger partial charge in [0.1, 0.15) is 5.01 Å². The second kappa shape index (κ2) is 21.0. The van der Waals surface area contributed by atoms with Crippen molar-refractivity contribution in [1.29, 1.82) is 0 Å². The molecule has 41 heavy (non-hydrogen) atoms. The minimum Gasteiger partial charge on any atom is -0.381 e. The Morgan fingerprint density at radius 3 is 2.32 bits per heavy atom. The van der Waals surface area contributed by atoms with Gasteiger partial charge in [0.15, 0.2) is 5.78 Å². The number of aromatic nitrogens is 2. The highest BCUT2D eigenvalue weighted by Crippen LogP contribution is 2.32. The van der Waals surface area contributed by atoms with Crippen LogP contribution in [0.2, 0.25) is 0 Å². The Morgan fingerprint density at radius 1 is 1.15 bits per heavy atom. The first-order valence-electron chi connectivity index (χ1n) is 14.9. The van der Waals surface area contributed by atoms with Crippen molar-refractivity contribution in [1.82, 2.24) is 9.97 Å². The molecule has 0 radical (unpaired) electrons. The first-order chi connectivity index (χ1) is 19.5. The number of aromatic amines is 1. The van der Waals surface area contributed by atoms with E-state index in [4.69, 9.17) is 9.72 Å². The Balaban J connectivity index is 0.00000103. The number of H-pyrrole nitrogens is 1. The number of carbonyl (C=O) groups excluding carboxylic acids is 1. The number of hydrogen-bond acceptors (Lipinski definition) is 5. The van der Waals surface area contributed by atoms with Gasteiger partial charge in [-0.05, 0) is 57.1 Å². The Hall–Kier alpha value is -2.83. The normalized spacial score (nSPS) is 12.2. The summed E-state index contributed by atoms with van der Waals surface area (Å²) in [6.45, 7) is 26.4. The number of rotatable bonds is 13. The average Bonchev–Trinajstić information content (AvgIpc) is 3.41. The van der Waals surface area contributed by atoms with E-state index in [0.29, 0.717) is 21.5 Å². The maximum absolute atomic E-state index is 12.3. The number of pyridine rings is 1. The summed E-state index contributed by atoms with van der Waals surface area (Å²) < 4.78 is 5.44. The maximum atomic E-state index is 12.3. The number of nitrogens with zero attached hydrogens (tertiary/aromatic N) is 1. The lowest BCUT2D eigenvalue weighted by Gasteiger charge is -2.21. The molecule has 0 unspecified atom stereocenters. The van der Waals surface area contributed by atoms with Crippen LogP contribution in [-0.4, -0.2) is 29.0 Å². The van der Waals surface area contributed by atoms with E-state index in [1.165, 1.54) is 42.9 Å². The summed E-state index contributed by atoms with van der Waals surface area (Å²) in [6, 6.07) is 1.61. The molecule has 0 bridgehead atoms. The molecule has 0 aromatic carbocycles. The maximum Gasteiger partial charge on any atom is 0.258 e. The predicted molar refractivity (Wildman–Crippen MR) is 180 cm³/mol. The topological polar surface area (TPSA) is 72.0 Å². The number of allylic oxidation sites excluding steroid dienone is 7. The molecular weight excluding hydrogens is 528 g/mol. The van der Waals surface area contributed by atoms with E-state index in [1.807, 2.05) is 24.5 Å². The Labute approximate surface area is 253 Å². The molecule has 0 aliphatic rings. The van der Waals surface area contributed by atoms with Crippen molar-refractivity contribution in [3.63, 3.8) is 0 Å². The van der Waals surface area contributed by atoms with Crippen LogP contribution in [0.15, 0.2) is 64.5 Å². The Kier molecular flexibility index (Phi) is 19.5. The van der Waals surface area contributed by atoms with Crippen LogP contribution >= 0.6 is 11.3 Å². The van der Waals surface area contributed by atoms with E-state index in [2.05, 4.69) is 73.0 Å². The van der Waals surface area contributed by atoms with Gasteiger partial charge < -0.3 is 9.72 Å². The monoisotopic (exact) mass is 582 g/mol. The van der Waals surface area contributed by atoms with Crippen molar-refractivity contribution in [2.75, 3.05) is 13.2 Å². The zero-order chi connectivity index (χ0) is 31.4. The van der Waals surface area contributed by atoms with Crippen LogP contribution in [-0.2, 0) is 4.74 Å². The predicted octanol–water partition coefficient (Wildman–Crippen LogP) is 10.2. The molecule has 2 rings (SSSR count). The number of Topliss-reactive ketones (excluding diaryl/α,β-unsaturated/α-hetero) is 1. The summed E-state index contributed by atoms with van der Waals surface area (Å²) in [5.41, 5.74) is 5.22. The van der Waals surface area contributed by atoms with Gasteiger partial charge in [-0.1, -0.05) is 97.8 Å². The lowest BCUT2D eigenvalue weighted by Crippen LogP contribution is -2.18. The number of ether oxygens (including phenoxy) is 1. The third-order valence-corrected chi connectivity index (χ3v) is 7.06. The van der Waals surface area contributed by atoms with Crippen LogP contribution in [0.25, 0.3) is 16.1 Å². The molecule has 2 heterocycles. The van der Waals surface area contributed by atoms with Gasteiger partial charge in [0.2, 0.25) is 0 Å². The molecule has 0 amide bonds. The van der Waals surface area contributed by atoms with Gasteiger partial charge in [-0.3, -0.25) is 9.59 Å². The highest BCUT2D eigenvalue weighted by Gasteiger charge is 2.16. The van der Waals surface area contributed by atoms with Crippen LogP contribution in [0.4, 0.5) is 0 Å². The lowest BCUT2D eigenvalue weighted by molar-refractivity contribution is 0.0608. The number of thiazole rings is 1. The van der Waals surface area contributed by atoms with Crippen LogP contribution in [0, 0.1) is 5.41 Å². The fourth-order valence-corrected chi connectivity index (χ4v) is 4.37. The zero-order valence-corrected chi connectivity index (χ0v) is 28.1. The highest BCUT2D eigenvalue weighted by atomic mass is 32.1. The fraction of sp³-hybridized carbons (Fsp3) is 0.514. The largest absolute Gasteiger partial charge is 0.381 e. The lowest BCUT2D eigenvalue weighted by atomic mass is 9.92. The minimum absolute atomic E-state index is 0.0987. The van der Waals surface area contributed by atoms with E-state index in [1.54, 1.807) is 12.1 Å². The van der Waals surface area contributed by atoms with E-state index < -0.39 is 0 Å². The van der Waals surface area contributed by atoms with Crippen molar-refractivity contribution < 1.29 is 9.53 Å². The van der Waals surface area contributed by atoms with Crippen molar-refractivity contribution in [2.45, 2.75) is 101 Å². The fourth-order valence-electron chi connectivity index (χ4n) is 3.54. The molecule has 0 aliphatic heterocycles. The zero-order valence-electron chi connectivity index (χ0n) is 27.3. The molecule has 0 spiro atoms. The van der Waals surface area contributed by atoms with E-state index in [-0.39, 0.29) is 11.3 Å². The second-order valence-corrected chi connectivity index (χ2v) is 11.6. The molecule has 0 fully saturated rings. The first-order valence-corrected chi connectivity index (χ1v) is 15.8. The van der Waals surface area contributed by atoms with Gasteiger partial charge in [0.05, 0.1) is 17.9 Å². The summed E-state index contributed by atoms with van der Waals surface area (Å²) >= 11 is 1.40. The van der Waals surface area contributed by atoms with E-state index >= 15 is 0 Å². The molecule has 1 N–H and O–H groups in total. The van der Waals surface area contributed by atoms with Crippen molar-refractivity contribution in [3.05, 3.63) is 81.3 Å². The SMILES string of the molecule is C=C\C=C/C(=C(\C)CCC)C(=C\C)/c1csc(-c2cc(C(C)=O)c[nH]c2=O)n1.CCC.CCCOCC(C)(C)CC. The molecule has 0 saturated heterocycles. The third kappa shape index (κ3) is 14.1. The molecular formula is C35H54N2O3S. The standard InChI is InChI=1S/C23H26N2O2S.C9H20O.C3H8/c1-6-9-11-19(15(4)10-7-2)18(8-3)21-14-28-23(25-21)20-12-17(16(5)26)13-24-22(20)27;1-5-7-10-8-9(3,4)6-2;1-3-2/h6,8-9,11-14H,1,7,10H2,2-5H3,(H,24,27);5-8H2,1-4H3;3H2,1-2H3/b11-9-,18-8+,19-15-;;. The van der Waals surface area contributed by atoms with Gasteiger partial charge in [-0.25, -0.2) is 4.98 Å². The van der Waals surface area contributed by atoms with Gasteiger partial charge in [-0.2, -0.15) is 0 Å². The molecule has 228 valence electrons. The number of nitrogens with one attached hydrogen (secondary N) is 1. The summed E-state index contributed by atoms with van der Waals surface area (Å²) in [7, 11) is 0. The summed E-state index contributed by atoms with van der Waals surface area (Å²) in [5.74, 6) is -0.0987. The summed E-state index contributed by atoms with van der Waals surface area (Å²) in [6.07, 6.45) is 14.8. The van der Waals surface area contributed by atoms with Gasteiger partial charge >= 0.3 is 0 Å². The molecule has 6 heteroatoms. The van der Waals surface area contributed by atoms with Gasteiger partial charge in [0.25, 0.3) is 5.56 Å². The second-order valence-electron chi connectivity index (χ2n) is 10.7. The molecule has 0 aliphatic carbocycles. The average molecular weight is 583 g/mol. The summed E-state index contributed by atoms with van der Waals surface area (Å²) in [5, 5.41) is 2.55. The summed E-state index contributed by atoms with van der Waals surface area (Å²) in [4.78, 5) is 31.3. The van der Waals surface area contributed by atoms with E-state index in [9.17, 15) is 9.59 Å². The number of hydrogen-bond donors (Lipinski definition) is 1. The van der Waals surface area contributed by atoms with E-state index in [0.717, 1.165) is 49.3 Å². The first kappa shape index (κ1) is 38.2. The van der Waals surface area contributed by atoms with Crippen LogP contribution in [0.1, 0.15) is 117 Å². The van der Waals surface area contributed by atoms with Crippen molar-refractivity contribution in [3.8, 4) is 10.6 Å². The Bertz CT molecular complexity index is 1210. The molecule has 0 atom stereocenters. The molecule has 2 aromatic heterocycles. The van der Waals surface area contributed by atoms with Crippen molar-refractivity contribution >= 4 is 22.7 Å². The van der Waals surface area contributed by atoms with Crippen LogP contribution < -0.4 is 5.56 Å². The van der Waals surface area contributed by atoms with Gasteiger partial charge in [-0.15, -0.1) is 11.3 Å². The third-order valence-electron chi connectivity index (χ3n) is 6.18. The number of carbonyl (C=O) groups is 1. The van der Waals surface area contributed by atoms with Gasteiger partial charge in [0, 0.05) is 29.3 Å². The number of ketones is 1. The van der Waals surface area contributed by atoms with Crippen molar-refractivity contribution in [2.24, 2.45) is 5.41 Å². The highest BCUT2D eigenvalue weighted by molar-refractivity contribution is 7.13. The Morgan fingerprint density at radius 2 is 1.80 bits per heavy atom.